The Bertz CT molecular complexity index is 1390. The van der Waals surface area contributed by atoms with Crippen molar-refractivity contribution >= 4 is 28.3 Å². The molecule has 0 aliphatic rings. The maximum atomic E-state index is 12.6. The van der Waals surface area contributed by atoms with Gasteiger partial charge in [-0.25, -0.2) is 4.79 Å². The van der Waals surface area contributed by atoms with E-state index in [9.17, 15) is 4.79 Å². The highest BCUT2D eigenvalue weighted by molar-refractivity contribution is 6.01. The highest BCUT2D eigenvalue weighted by Gasteiger charge is 2.14. The van der Waals surface area contributed by atoms with Crippen LogP contribution < -0.4 is 29.6 Å². The van der Waals surface area contributed by atoms with Gasteiger partial charge in [-0.1, -0.05) is 12.1 Å². The maximum absolute atomic E-state index is 12.6. The average molecular weight is 474 g/mol. The number of anilines is 2. The molecule has 8 heteroatoms. The van der Waals surface area contributed by atoms with Gasteiger partial charge in [-0.15, -0.1) is 0 Å². The first-order valence-electron chi connectivity index (χ1n) is 10.9. The predicted octanol–water partition coefficient (Wildman–Crippen LogP) is 6.31. The molecule has 0 spiro atoms. The Balaban J connectivity index is 1.57. The van der Waals surface area contributed by atoms with Crippen LogP contribution >= 0.6 is 0 Å². The first-order valence-corrected chi connectivity index (χ1v) is 10.9. The lowest BCUT2D eigenvalue weighted by Gasteiger charge is -2.16. The molecule has 0 saturated carbocycles. The maximum Gasteiger partial charge on any atom is 0.323 e. The minimum Gasteiger partial charge on any atom is -0.495 e. The number of pyridine rings is 1. The molecule has 0 aliphatic carbocycles. The lowest BCUT2D eigenvalue weighted by atomic mass is 10.1. The van der Waals surface area contributed by atoms with Gasteiger partial charge in [0.15, 0.2) is 11.5 Å². The first-order chi connectivity index (χ1) is 16.9. The van der Waals surface area contributed by atoms with Gasteiger partial charge in [-0.05, 0) is 61.4 Å². The highest BCUT2D eigenvalue weighted by atomic mass is 16.5. The van der Waals surface area contributed by atoms with Crippen molar-refractivity contribution in [3.05, 3.63) is 71.9 Å². The van der Waals surface area contributed by atoms with Gasteiger partial charge in [-0.2, -0.15) is 0 Å². The van der Waals surface area contributed by atoms with Crippen LogP contribution in [0.4, 0.5) is 16.2 Å². The summed E-state index contributed by atoms with van der Waals surface area (Å²) in [6.45, 7) is 3.83. The number of benzene rings is 3. The van der Waals surface area contributed by atoms with Crippen LogP contribution in [0.2, 0.25) is 0 Å². The zero-order valence-corrected chi connectivity index (χ0v) is 20.3. The fourth-order valence-electron chi connectivity index (χ4n) is 3.71. The van der Waals surface area contributed by atoms with Crippen molar-refractivity contribution in [3.63, 3.8) is 0 Å². The summed E-state index contributed by atoms with van der Waals surface area (Å²) in [6, 6.07) is 16.1. The molecule has 0 aliphatic heterocycles. The lowest BCUT2D eigenvalue weighted by Crippen LogP contribution is -2.20. The van der Waals surface area contributed by atoms with Crippen molar-refractivity contribution in [1.82, 2.24) is 4.98 Å². The summed E-state index contributed by atoms with van der Waals surface area (Å²) in [5.74, 6) is 3.07. The third kappa shape index (κ3) is 5.06. The zero-order chi connectivity index (χ0) is 24.9. The molecule has 0 saturated heterocycles. The Morgan fingerprint density at radius 2 is 1.40 bits per heavy atom. The number of methoxy groups -OCH3 is 3. The van der Waals surface area contributed by atoms with E-state index in [1.807, 2.05) is 50.2 Å². The molecular weight excluding hydrogens is 446 g/mol. The molecule has 3 aromatic carbocycles. The molecule has 180 valence electrons. The van der Waals surface area contributed by atoms with Crippen molar-refractivity contribution in [3.8, 4) is 28.7 Å². The van der Waals surface area contributed by atoms with E-state index in [0.29, 0.717) is 40.1 Å². The Labute approximate surface area is 203 Å². The molecule has 0 unspecified atom stereocenters. The fraction of sp³-hybridized carbons (Fsp3) is 0.185. The summed E-state index contributed by atoms with van der Waals surface area (Å²) in [4.78, 5) is 17.0. The molecule has 0 atom stereocenters. The minimum atomic E-state index is -0.369. The topological polar surface area (TPSA) is 90.9 Å². The quantitative estimate of drug-likeness (QED) is 0.327. The Morgan fingerprint density at radius 3 is 2.14 bits per heavy atom. The number of aromatic nitrogens is 1. The van der Waals surface area contributed by atoms with Crippen molar-refractivity contribution in [2.75, 3.05) is 32.0 Å². The van der Waals surface area contributed by atoms with E-state index >= 15 is 0 Å². The number of rotatable bonds is 7. The van der Waals surface area contributed by atoms with Crippen molar-refractivity contribution < 1.29 is 23.7 Å². The molecule has 0 fully saturated rings. The number of hydrogen-bond acceptors (Lipinski definition) is 6. The van der Waals surface area contributed by atoms with E-state index in [0.717, 1.165) is 22.0 Å². The number of fused-ring (bicyclic) bond motifs is 1. The van der Waals surface area contributed by atoms with E-state index in [2.05, 4.69) is 15.6 Å². The van der Waals surface area contributed by atoms with Crippen molar-refractivity contribution in [1.29, 1.82) is 0 Å². The number of aryl methyl sites for hydroxylation is 2. The molecule has 1 aromatic heterocycles. The largest absolute Gasteiger partial charge is 0.495 e. The number of ether oxygens (including phenoxy) is 4. The van der Waals surface area contributed by atoms with E-state index in [1.165, 1.54) is 0 Å². The molecule has 0 bridgehead atoms. The molecule has 2 N–H and O–H groups in total. The van der Waals surface area contributed by atoms with Crippen LogP contribution in [0.5, 0.6) is 28.7 Å². The average Bonchev–Trinajstić information content (AvgIpc) is 2.86. The second-order valence-electron chi connectivity index (χ2n) is 7.85. The summed E-state index contributed by atoms with van der Waals surface area (Å²) >= 11 is 0. The van der Waals surface area contributed by atoms with Gasteiger partial charge in [0, 0.05) is 23.3 Å². The summed E-state index contributed by atoms with van der Waals surface area (Å²) in [5, 5.41) is 6.51. The Hall–Kier alpha value is -4.46. The molecule has 4 rings (SSSR count). The van der Waals surface area contributed by atoms with Gasteiger partial charge in [-0.3, -0.25) is 4.98 Å². The third-order valence-electron chi connectivity index (χ3n) is 5.55. The summed E-state index contributed by atoms with van der Waals surface area (Å²) in [6.07, 6.45) is 1.68. The lowest BCUT2D eigenvalue weighted by molar-refractivity contribution is 0.262. The molecule has 0 radical (unpaired) electrons. The van der Waals surface area contributed by atoms with Gasteiger partial charge < -0.3 is 29.6 Å². The van der Waals surface area contributed by atoms with E-state index in [1.54, 1.807) is 45.7 Å². The predicted molar refractivity (Wildman–Crippen MR) is 136 cm³/mol. The van der Waals surface area contributed by atoms with Crippen molar-refractivity contribution in [2.24, 2.45) is 0 Å². The summed E-state index contributed by atoms with van der Waals surface area (Å²) in [7, 11) is 4.73. The van der Waals surface area contributed by atoms with Gasteiger partial charge >= 0.3 is 6.03 Å². The number of hydrogen-bond donors (Lipinski definition) is 2. The monoisotopic (exact) mass is 473 g/mol. The SMILES string of the molecule is COc1ccccc1NC(=O)Nc1cc(C)c(Oc2ccnc3cc(OC)c(OC)cc23)cc1C. The number of para-hydroxylation sites is 2. The molecule has 8 nitrogen and oxygen atoms in total. The zero-order valence-electron chi connectivity index (χ0n) is 20.3. The van der Waals surface area contributed by atoms with Crippen LogP contribution in [0.1, 0.15) is 11.1 Å². The smallest absolute Gasteiger partial charge is 0.323 e. The molecule has 35 heavy (non-hydrogen) atoms. The molecular formula is C27H27N3O5. The number of nitrogens with zero attached hydrogens (tertiary/aromatic N) is 1. The van der Waals surface area contributed by atoms with E-state index < -0.39 is 0 Å². The van der Waals surface area contributed by atoms with Crippen LogP contribution in [-0.2, 0) is 0 Å². The summed E-state index contributed by atoms with van der Waals surface area (Å²) < 4.78 is 22.4. The standard InChI is InChI=1S/C27H27N3O5/c1-16-13-24(35-22-10-11-28-21-15-26(34-5)25(33-4)14-18(21)22)17(2)12-20(16)30-27(31)29-19-8-6-7-9-23(19)32-3/h6-15H,1-5H3,(H2,29,30,31). The molecule has 4 aromatic rings. The second-order valence-corrected chi connectivity index (χ2v) is 7.85. The molecule has 2 amide bonds. The van der Waals surface area contributed by atoms with Gasteiger partial charge in [0.2, 0.25) is 0 Å². The number of nitrogens with one attached hydrogen (secondary N) is 2. The number of urea groups is 1. The highest BCUT2D eigenvalue weighted by Crippen LogP contribution is 2.38. The second kappa shape index (κ2) is 10.2. The van der Waals surface area contributed by atoms with Gasteiger partial charge in [0.25, 0.3) is 0 Å². The van der Waals surface area contributed by atoms with E-state index in [4.69, 9.17) is 18.9 Å². The summed E-state index contributed by atoms with van der Waals surface area (Å²) in [5.41, 5.74) is 3.68. The van der Waals surface area contributed by atoms with Crippen LogP contribution in [0.15, 0.2) is 60.8 Å². The number of carbonyl (C=O) groups is 1. The van der Waals surface area contributed by atoms with Crippen LogP contribution in [0.25, 0.3) is 10.9 Å². The molecule has 1 heterocycles. The number of carbonyl (C=O) groups excluding carboxylic acids is 1. The minimum absolute atomic E-state index is 0.369. The van der Waals surface area contributed by atoms with Crippen LogP contribution in [0, 0.1) is 13.8 Å². The Morgan fingerprint density at radius 1 is 0.714 bits per heavy atom. The number of amides is 2. The van der Waals surface area contributed by atoms with E-state index in [-0.39, 0.29) is 6.03 Å². The van der Waals surface area contributed by atoms with Crippen molar-refractivity contribution in [2.45, 2.75) is 13.8 Å². The Kier molecular flexibility index (Phi) is 6.91. The van der Waals surface area contributed by atoms with Gasteiger partial charge in [0.05, 0.1) is 32.5 Å². The first kappa shape index (κ1) is 23.7. The normalized spacial score (nSPS) is 10.5. The third-order valence-corrected chi connectivity index (χ3v) is 5.55. The van der Waals surface area contributed by atoms with Crippen LogP contribution in [0.3, 0.4) is 0 Å². The fourth-order valence-corrected chi connectivity index (χ4v) is 3.71. The van der Waals surface area contributed by atoms with Crippen LogP contribution in [-0.4, -0.2) is 32.3 Å². The van der Waals surface area contributed by atoms with Gasteiger partial charge in [0.1, 0.15) is 17.2 Å².